The molecule has 0 spiro atoms. The Bertz CT molecular complexity index is 538. The van der Waals surface area contributed by atoms with Crippen molar-refractivity contribution >= 4 is 11.9 Å². The first kappa shape index (κ1) is 18.4. The Balaban J connectivity index is 1.53. The molecule has 1 saturated heterocycles. The van der Waals surface area contributed by atoms with Crippen LogP contribution >= 0.6 is 0 Å². The molecule has 132 valence electrons. The zero-order valence-corrected chi connectivity index (χ0v) is 13.9. The summed E-state index contributed by atoms with van der Waals surface area (Å²) in [5, 5.41) is 15.6. The van der Waals surface area contributed by atoms with Gasteiger partial charge < -0.3 is 20.5 Å². The smallest absolute Gasteiger partial charge is 0.407 e. The van der Waals surface area contributed by atoms with E-state index >= 15 is 0 Å². The number of carbonyl (C=O) groups excluding carboxylic acids is 2. The molecule has 2 rings (SSSR count). The van der Waals surface area contributed by atoms with Crippen molar-refractivity contribution in [3.63, 3.8) is 0 Å². The number of amides is 1. The number of nitrogens with zero attached hydrogens (tertiary/aromatic N) is 1. The average molecular weight is 335 g/mol. The number of carbonyl (C=O) groups is 2. The average Bonchev–Trinajstić information content (AvgIpc) is 2.93. The Morgan fingerprint density at radius 1 is 1.38 bits per heavy atom. The first-order valence-corrected chi connectivity index (χ1v) is 8.31. The fourth-order valence-electron chi connectivity index (χ4n) is 2.64. The fourth-order valence-corrected chi connectivity index (χ4v) is 2.64. The van der Waals surface area contributed by atoms with E-state index in [0.717, 1.165) is 5.56 Å². The molecule has 0 aromatic carbocycles. The summed E-state index contributed by atoms with van der Waals surface area (Å²) in [5.74, 6) is 0.142. The molecule has 3 atom stereocenters. The van der Waals surface area contributed by atoms with Crippen LogP contribution in [0.25, 0.3) is 0 Å². The molecule has 7 nitrogen and oxygen atoms in total. The van der Waals surface area contributed by atoms with E-state index in [0.29, 0.717) is 32.4 Å². The Hall–Kier alpha value is -1.99. The van der Waals surface area contributed by atoms with Gasteiger partial charge in [0.05, 0.1) is 12.1 Å². The van der Waals surface area contributed by atoms with Crippen LogP contribution in [-0.2, 0) is 16.1 Å². The molecule has 1 aliphatic heterocycles. The number of ketones is 1. The van der Waals surface area contributed by atoms with E-state index in [9.17, 15) is 14.7 Å². The highest BCUT2D eigenvalue weighted by atomic mass is 16.5. The number of ether oxygens (including phenoxy) is 1. The second-order valence-corrected chi connectivity index (χ2v) is 6.14. The van der Waals surface area contributed by atoms with Crippen molar-refractivity contribution in [3.05, 3.63) is 30.1 Å². The van der Waals surface area contributed by atoms with E-state index < -0.39 is 18.2 Å². The number of nitrogens with one attached hydrogen (secondary N) is 2. The van der Waals surface area contributed by atoms with Crippen LogP contribution in [0.3, 0.4) is 0 Å². The van der Waals surface area contributed by atoms with Crippen LogP contribution in [0.4, 0.5) is 4.79 Å². The monoisotopic (exact) mass is 335 g/mol. The predicted octanol–water partition coefficient (Wildman–Crippen LogP) is 1.02. The number of pyridine rings is 1. The van der Waals surface area contributed by atoms with Gasteiger partial charge >= 0.3 is 6.09 Å². The van der Waals surface area contributed by atoms with Gasteiger partial charge in [0.15, 0.2) is 5.78 Å². The van der Waals surface area contributed by atoms with Gasteiger partial charge in [-0.3, -0.25) is 9.78 Å². The van der Waals surface area contributed by atoms with Gasteiger partial charge in [0.25, 0.3) is 0 Å². The van der Waals surface area contributed by atoms with Crippen molar-refractivity contribution in [2.24, 2.45) is 5.92 Å². The van der Waals surface area contributed by atoms with Gasteiger partial charge in [-0.05, 0) is 36.5 Å². The van der Waals surface area contributed by atoms with Crippen molar-refractivity contribution < 1.29 is 19.4 Å². The molecule has 0 aliphatic carbocycles. The molecule has 24 heavy (non-hydrogen) atoms. The summed E-state index contributed by atoms with van der Waals surface area (Å²) < 4.78 is 5.08. The fraction of sp³-hybridized carbons (Fsp3) is 0.588. The van der Waals surface area contributed by atoms with Crippen LogP contribution in [-0.4, -0.2) is 47.2 Å². The minimum atomic E-state index is -0.598. The van der Waals surface area contributed by atoms with E-state index in [1.54, 1.807) is 24.5 Å². The minimum absolute atomic E-state index is 0.0344. The molecule has 0 radical (unpaired) electrons. The van der Waals surface area contributed by atoms with Crippen LogP contribution in [0.15, 0.2) is 24.5 Å². The molecule has 0 saturated carbocycles. The lowest BCUT2D eigenvalue weighted by Crippen LogP contribution is -2.39. The molecule has 3 N–H and O–H groups in total. The van der Waals surface area contributed by atoms with Gasteiger partial charge in [-0.1, -0.05) is 6.92 Å². The molecule has 1 amide bonds. The van der Waals surface area contributed by atoms with Crippen molar-refractivity contribution in [1.82, 2.24) is 15.6 Å². The summed E-state index contributed by atoms with van der Waals surface area (Å²) in [7, 11) is 0. The molecule has 0 bridgehead atoms. The van der Waals surface area contributed by atoms with Crippen molar-refractivity contribution in [2.75, 3.05) is 13.1 Å². The molecule has 1 aromatic rings. The molecule has 1 aliphatic rings. The Kier molecular flexibility index (Phi) is 7.14. The summed E-state index contributed by atoms with van der Waals surface area (Å²) in [4.78, 5) is 27.5. The van der Waals surface area contributed by atoms with E-state index in [2.05, 4.69) is 15.6 Å². The SMILES string of the molecule is CC1CN[C@H](C(=O)CCCCNC(=O)OCc2ccncc2)C1O. The van der Waals surface area contributed by atoms with Crippen LogP contribution in [0, 0.1) is 5.92 Å². The maximum Gasteiger partial charge on any atom is 0.407 e. The van der Waals surface area contributed by atoms with Gasteiger partial charge in [-0.15, -0.1) is 0 Å². The molecule has 2 unspecified atom stereocenters. The Morgan fingerprint density at radius 3 is 2.79 bits per heavy atom. The van der Waals surface area contributed by atoms with Crippen LogP contribution in [0.2, 0.25) is 0 Å². The Labute approximate surface area is 141 Å². The van der Waals surface area contributed by atoms with E-state index in [1.165, 1.54) is 0 Å². The molecular weight excluding hydrogens is 310 g/mol. The van der Waals surface area contributed by atoms with Gasteiger partial charge in [0.2, 0.25) is 0 Å². The van der Waals surface area contributed by atoms with Crippen molar-refractivity contribution in [2.45, 2.75) is 44.9 Å². The molecule has 1 fully saturated rings. The Morgan fingerprint density at radius 2 is 2.12 bits per heavy atom. The third-order valence-corrected chi connectivity index (χ3v) is 4.17. The third-order valence-electron chi connectivity index (χ3n) is 4.17. The number of hydrogen-bond donors (Lipinski definition) is 3. The highest BCUT2D eigenvalue weighted by Gasteiger charge is 2.35. The molecule has 7 heteroatoms. The minimum Gasteiger partial charge on any atom is -0.445 e. The third kappa shape index (κ3) is 5.58. The number of aliphatic hydroxyl groups is 1. The summed E-state index contributed by atoms with van der Waals surface area (Å²) in [6.45, 7) is 3.25. The molecule has 1 aromatic heterocycles. The molecule has 2 heterocycles. The standard InChI is InChI=1S/C17H25N3O4/c1-12-10-20-15(16(12)22)14(21)4-2-3-7-19-17(23)24-11-13-5-8-18-9-6-13/h5-6,8-9,12,15-16,20,22H,2-4,7,10-11H2,1H3,(H,19,23)/t12?,15-,16?/m1/s1. The largest absolute Gasteiger partial charge is 0.445 e. The normalized spacial score (nSPS) is 23.0. The number of alkyl carbamates (subject to hydrolysis) is 1. The lowest BCUT2D eigenvalue weighted by molar-refractivity contribution is -0.123. The highest BCUT2D eigenvalue weighted by Crippen LogP contribution is 2.16. The van der Waals surface area contributed by atoms with Gasteiger partial charge in [0, 0.05) is 31.9 Å². The van der Waals surface area contributed by atoms with E-state index in [1.807, 2.05) is 6.92 Å². The summed E-state index contributed by atoms with van der Waals surface area (Å²) in [5.41, 5.74) is 0.877. The first-order valence-electron chi connectivity index (χ1n) is 8.31. The number of rotatable bonds is 8. The maximum absolute atomic E-state index is 12.0. The molecular formula is C17H25N3O4. The summed E-state index contributed by atoms with van der Waals surface area (Å²) >= 11 is 0. The topological polar surface area (TPSA) is 101 Å². The van der Waals surface area contributed by atoms with Crippen LogP contribution in [0.1, 0.15) is 31.7 Å². The maximum atomic E-state index is 12.0. The quantitative estimate of drug-likeness (QED) is 0.613. The first-order chi connectivity index (χ1) is 11.6. The second-order valence-electron chi connectivity index (χ2n) is 6.14. The van der Waals surface area contributed by atoms with Gasteiger partial charge in [-0.2, -0.15) is 0 Å². The van der Waals surface area contributed by atoms with Gasteiger partial charge in [-0.25, -0.2) is 4.79 Å². The van der Waals surface area contributed by atoms with E-state index in [-0.39, 0.29) is 18.3 Å². The predicted molar refractivity (Wildman–Crippen MR) is 88.2 cm³/mol. The number of aromatic nitrogens is 1. The zero-order chi connectivity index (χ0) is 17.4. The summed E-state index contributed by atoms with van der Waals surface area (Å²) in [6.07, 6.45) is 3.97. The summed E-state index contributed by atoms with van der Waals surface area (Å²) in [6, 6.07) is 3.12. The van der Waals surface area contributed by atoms with Crippen LogP contribution < -0.4 is 10.6 Å². The second kappa shape index (κ2) is 9.34. The van der Waals surface area contributed by atoms with Crippen molar-refractivity contribution in [1.29, 1.82) is 0 Å². The lowest BCUT2D eigenvalue weighted by atomic mass is 9.98. The highest BCUT2D eigenvalue weighted by molar-refractivity contribution is 5.85. The number of aliphatic hydroxyl groups excluding tert-OH is 1. The number of hydrogen-bond acceptors (Lipinski definition) is 6. The zero-order valence-electron chi connectivity index (χ0n) is 13.9. The van der Waals surface area contributed by atoms with Gasteiger partial charge in [0.1, 0.15) is 6.61 Å². The van der Waals surface area contributed by atoms with Crippen LogP contribution in [0.5, 0.6) is 0 Å². The van der Waals surface area contributed by atoms with Crippen molar-refractivity contribution in [3.8, 4) is 0 Å². The number of unbranched alkanes of at least 4 members (excludes halogenated alkanes) is 1. The lowest BCUT2D eigenvalue weighted by Gasteiger charge is -2.15. The van der Waals surface area contributed by atoms with E-state index in [4.69, 9.17) is 4.74 Å². The number of Topliss-reactive ketones (excluding diaryl/α,β-unsaturated/α-hetero) is 1.